The van der Waals surface area contributed by atoms with Gasteiger partial charge < -0.3 is 19.2 Å². The van der Waals surface area contributed by atoms with Crippen molar-refractivity contribution in [3.8, 4) is 22.8 Å². The van der Waals surface area contributed by atoms with Gasteiger partial charge in [0, 0.05) is 42.5 Å². The Bertz CT molecular complexity index is 1200. The summed E-state index contributed by atoms with van der Waals surface area (Å²) in [5.41, 5.74) is 6.12. The van der Waals surface area contributed by atoms with E-state index in [1.165, 1.54) is 0 Å². The van der Waals surface area contributed by atoms with Crippen LogP contribution in [0.5, 0.6) is 11.5 Å². The first kappa shape index (κ1) is 26.0. The summed E-state index contributed by atoms with van der Waals surface area (Å²) in [5, 5.41) is 0.592. The molecule has 36 heavy (non-hydrogen) atoms. The maximum absolute atomic E-state index is 11.5. The number of piperidine rings is 1. The smallest absolute Gasteiger partial charge is 0.138 e. The van der Waals surface area contributed by atoms with E-state index in [2.05, 4.69) is 28.7 Å². The zero-order valence-corrected chi connectivity index (χ0v) is 22.3. The minimum atomic E-state index is 0.329. The molecule has 0 saturated carbocycles. The van der Waals surface area contributed by atoms with Crippen LogP contribution in [0.25, 0.3) is 11.3 Å². The Hall–Kier alpha value is -3.12. The number of aryl methyl sites for hydroxylation is 2. The van der Waals surface area contributed by atoms with Crippen molar-refractivity contribution in [3.05, 3.63) is 64.6 Å². The van der Waals surface area contributed by atoms with E-state index < -0.39 is 0 Å². The van der Waals surface area contributed by atoms with Crippen molar-refractivity contribution in [2.24, 2.45) is 5.41 Å². The molecule has 0 unspecified atom stereocenters. The lowest BCUT2D eigenvalue weighted by atomic mass is 9.82. The van der Waals surface area contributed by atoms with Crippen LogP contribution in [0.2, 0.25) is 5.02 Å². The number of benzene rings is 1. The second kappa shape index (κ2) is 11.3. The molecule has 0 aliphatic carbocycles. The highest BCUT2D eigenvalue weighted by Crippen LogP contribution is 2.39. The van der Waals surface area contributed by atoms with Crippen LogP contribution < -0.4 is 14.4 Å². The highest BCUT2D eigenvalue weighted by atomic mass is 35.5. The molecule has 4 rings (SSSR count). The first-order valence-electron chi connectivity index (χ1n) is 12.4. The van der Waals surface area contributed by atoms with E-state index in [0.29, 0.717) is 41.6 Å². The number of hydrogen-bond donors (Lipinski definition) is 0. The minimum absolute atomic E-state index is 0.329. The maximum atomic E-state index is 11.5. The Morgan fingerprint density at radius 2 is 1.78 bits per heavy atom. The Labute approximate surface area is 218 Å². The van der Waals surface area contributed by atoms with Crippen molar-refractivity contribution in [1.29, 1.82) is 0 Å². The predicted molar refractivity (Wildman–Crippen MR) is 144 cm³/mol. The molecule has 7 heteroatoms. The number of nitrogens with zero attached hydrogens (tertiary/aromatic N) is 3. The molecule has 0 amide bonds. The SMILES string of the molecule is Cc1ccc(OCCOc2ccc(-c3cnc(C)c(CC=O)c3N3CCC(C)(C)CC3)nc2)c(Cl)c1. The summed E-state index contributed by atoms with van der Waals surface area (Å²) in [6.45, 7) is 11.2. The van der Waals surface area contributed by atoms with E-state index in [9.17, 15) is 4.79 Å². The largest absolute Gasteiger partial charge is 0.488 e. The second-order valence-electron chi connectivity index (χ2n) is 10.1. The first-order valence-corrected chi connectivity index (χ1v) is 12.8. The van der Waals surface area contributed by atoms with Crippen LogP contribution in [0.1, 0.15) is 43.5 Å². The van der Waals surface area contributed by atoms with E-state index in [4.69, 9.17) is 21.1 Å². The van der Waals surface area contributed by atoms with E-state index >= 15 is 0 Å². The van der Waals surface area contributed by atoms with E-state index in [1.54, 1.807) is 6.20 Å². The van der Waals surface area contributed by atoms with Gasteiger partial charge in [0.15, 0.2) is 0 Å². The zero-order chi connectivity index (χ0) is 25.7. The molecule has 6 nitrogen and oxygen atoms in total. The molecular formula is C29H34ClN3O3. The van der Waals surface area contributed by atoms with E-state index in [1.807, 2.05) is 50.4 Å². The Morgan fingerprint density at radius 3 is 2.44 bits per heavy atom. The number of carbonyl (C=O) groups is 1. The standard InChI is InChI=1S/C29H34ClN3O3/c1-20-5-8-27(25(30)17-20)36-16-15-35-22-6-7-26(32-18-22)24-19-31-21(2)23(9-14-34)28(24)33-12-10-29(3,4)11-13-33/h5-8,14,17-19H,9-13,15-16H2,1-4H3. The van der Waals surface area contributed by atoms with Crippen molar-refractivity contribution in [2.75, 3.05) is 31.2 Å². The number of ether oxygens (including phenoxy) is 2. The van der Waals surface area contributed by atoms with Gasteiger partial charge in [0.2, 0.25) is 0 Å². The molecule has 1 aliphatic rings. The third-order valence-electron chi connectivity index (χ3n) is 6.79. The number of aromatic nitrogens is 2. The minimum Gasteiger partial charge on any atom is -0.488 e. The summed E-state index contributed by atoms with van der Waals surface area (Å²) in [4.78, 5) is 23.2. The summed E-state index contributed by atoms with van der Waals surface area (Å²) in [7, 11) is 0. The Kier molecular flexibility index (Phi) is 8.14. The molecule has 3 aromatic rings. The fraction of sp³-hybridized carbons (Fsp3) is 0.414. The van der Waals surface area contributed by atoms with Gasteiger partial charge in [0.25, 0.3) is 0 Å². The van der Waals surface area contributed by atoms with Crippen LogP contribution in [0.15, 0.2) is 42.7 Å². The number of anilines is 1. The third-order valence-corrected chi connectivity index (χ3v) is 7.09. The third kappa shape index (κ3) is 6.16. The van der Waals surface area contributed by atoms with Crippen LogP contribution in [0.4, 0.5) is 5.69 Å². The van der Waals surface area contributed by atoms with Gasteiger partial charge in [-0.3, -0.25) is 9.97 Å². The lowest BCUT2D eigenvalue weighted by Gasteiger charge is -2.40. The molecule has 1 aliphatic heterocycles. The van der Waals surface area contributed by atoms with Gasteiger partial charge >= 0.3 is 0 Å². The monoisotopic (exact) mass is 507 g/mol. The van der Waals surface area contributed by atoms with Gasteiger partial charge in [-0.05, 0) is 61.9 Å². The highest BCUT2D eigenvalue weighted by molar-refractivity contribution is 6.32. The van der Waals surface area contributed by atoms with Crippen LogP contribution in [-0.4, -0.2) is 42.6 Å². The van der Waals surface area contributed by atoms with Gasteiger partial charge in [-0.15, -0.1) is 0 Å². The first-order chi connectivity index (χ1) is 17.3. The summed E-state index contributed by atoms with van der Waals surface area (Å²) >= 11 is 6.22. The molecule has 0 N–H and O–H groups in total. The summed E-state index contributed by atoms with van der Waals surface area (Å²) in [6, 6.07) is 9.55. The van der Waals surface area contributed by atoms with Gasteiger partial charge in [0.05, 0.1) is 22.6 Å². The fourth-order valence-corrected chi connectivity index (χ4v) is 4.80. The normalized spacial score (nSPS) is 15.0. The average molecular weight is 508 g/mol. The number of hydrogen-bond acceptors (Lipinski definition) is 6. The number of carbonyl (C=O) groups excluding carboxylic acids is 1. The molecule has 1 saturated heterocycles. The number of rotatable bonds is 9. The lowest BCUT2D eigenvalue weighted by Crippen LogP contribution is -2.38. The van der Waals surface area contributed by atoms with Crippen molar-refractivity contribution in [3.63, 3.8) is 0 Å². The number of pyridine rings is 2. The van der Waals surface area contributed by atoms with Crippen molar-refractivity contribution in [1.82, 2.24) is 9.97 Å². The molecule has 0 radical (unpaired) electrons. The van der Waals surface area contributed by atoms with Crippen molar-refractivity contribution < 1.29 is 14.3 Å². The summed E-state index contributed by atoms with van der Waals surface area (Å²) in [6.07, 6.45) is 7.10. The van der Waals surface area contributed by atoms with E-state index in [-0.39, 0.29) is 0 Å². The number of halogens is 1. The second-order valence-corrected chi connectivity index (χ2v) is 10.5. The average Bonchev–Trinajstić information content (AvgIpc) is 2.85. The molecule has 190 valence electrons. The molecule has 2 aromatic heterocycles. The molecule has 1 aromatic carbocycles. The van der Waals surface area contributed by atoms with Gasteiger partial charge in [0.1, 0.15) is 31.0 Å². The highest BCUT2D eigenvalue weighted by Gasteiger charge is 2.29. The van der Waals surface area contributed by atoms with Crippen molar-refractivity contribution in [2.45, 2.75) is 47.0 Å². The van der Waals surface area contributed by atoms with Crippen LogP contribution >= 0.6 is 11.6 Å². The molecule has 1 fully saturated rings. The van der Waals surface area contributed by atoms with Gasteiger partial charge in [-0.25, -0.2) is 0 Å². The van der Waals surface area contributed by atoms with Gasteiger partial charge in [-0.2, -0.15) is 0 Å². The fourth-order valence-electron chi connectivity index (χ4n) is 4.51. The van der Waals surface area contributed by atoms with Crippen LogP contribution in [0.3, 0.4) is 0 Å². The zero-order valence-electron chi connectivity index (χ0n) is 21.5. The maximum Gasteiger partial charge on any atom is 0.138 e. The summed E-state index contributed by atoms with van der Waals surface area (Å²) in [5.74, 6) is 1.30. The van der Waals surface area contributed by atoms with Crippen LogP contribution in [-0.2, 0) is 11.2 Å². The predicted octanol–water partition coefficient (Wildman–Crippen LogP) is 6.24. The van der Waals surface area contributed by atoms with Crippen LogP contribution in [0, 0.1) is 19.3 Å². The van der Waals surface area contributed by atoms with Gasteiger partial charge in [-0.1, -0.05) is 31.5 Å². The Balaban J connectivity index is 1.48. The quantitative estimate of drug-likeness (QED) is 0.252. The van der Waals surface area contributed by atoms with E-state index in [0.717, 1.165) is 66.0 Å². The molecule has 0 bridgehead atoms. The van der Waals surface area contributed by atoms with Crippen molar-refractivity contribution >= 4 is 23.6 Å². The molecule has 0 atom stereocenters. The number of aldehydes is 1. The summed E-state index contributed by atoms with van der Waals surface area (Å²) < 4.78 is 11.6. The molecule has 0 spiro atoms. The Morgan fingerprint density at radius 1 is 1.03 bits per heavy atom. The molecular weight excluding hydrogens is 474 g/mol. The topological polar surface area (TPSA) is 64.6 Å². The lowest BCUT2D eigenvalue weighted by molar-refractivity contribution is -0.107. The molecule has 3 heterocycles.